The number of hydrogen-bond donors (Lipinski definition) is 1. The van der Waals surface area contributed by atoms with E-state index in [1.807, 2.05) is 50.2 Å². The molecule has 5 nitrogen and oxygen atoms in total. The van der Waals surface area contributed by atoms with Crippen LogP contribution >= 0.6 is 0 Å². The molecule has 0 aliphatic rings. The summed E-state index contributed by atoms with van der Waals surface area (Å²) in [6.07, 6.45) is 3.21. The molecule has 1 heterocycles. The minimum Gasteiger partial charge on any atom is -0.349 e. The third-order valence-corrected chi connectivity index (χ3v) is 4.70. The smallest absolute Gasteiger partial charge is 0.275 e. The van der Waals surface area contributed by atoms with Crippen molar-refractivity contribution in [2.24, 2.45) is 0 Å². The number of para-hydroxylation sites is 1. The van der Waals surface area contributed by atoms with Gasteiger partial charge in [-0.2, -0.15) is 0 Å². The number of hydrogen-bond acceptors (Lipinski definition) is 4. The molecule has 3 rings (SSSR count). The largest absolute Gasteiger partial charge is 0.349 e. The van der Waals surface area contributed by atoms with E-state index in [1.54, 1.807) is 12.4 Å². The number of aryl methyl sites for hydroxylation is 2. The van der Waals surface area contributed by atoms with Crippen molar-refractivity contribution in [3.8, 4) is 0 Å². The molecule has 0 saturated carbocycles. The van der Waals surface area contributed by atoms with Crippen LogP contribution in [0.3, 0.4) is 0 Å². The minimum absolute atomic E-state index is 0.254. The van der Waals surface area contributed by atoms with Crippen molar-refractivity contribution in [2.45, 2.75) is 40.3 Å². The van der Waals surface area contributed by atoms with E-state index < -0.39 is 0 Å². The molecule has 0 fully saturated rings. The number of benzene rings is 2. The molecule has 0 spiro atoms. The van der Waals surface area contributed by atoms with Gasteiger partial charge >= 0.3 is 0 Å². The van der Waals surface area contributed by atoms with Crippen LogP contribution < -0.4 is 10.2 Å². The fraction of sp³-hybridized carbons (Fsp3) is 0.261. The summed E-state index contributed by atoms with van der Waals surface area (Å²) in [5, 5.41) is 2.95. The quantitative estimate of drug-likeness (QED) is 0.676. The van der Waals surface area contributed by atoms with Gasteiger partial charge in [0.1, 0.15) is 11.5 Å². The van der Waals surface area contributed by atoms with Crippen molar-refractivity contribution in [3.05, 3.63) is 83.3 Å². The standard InChI is InChI=1S/C23H26N4O/c1-16(2)27(15-19-11-6-5-7-12-19)21-14-24-20(13-25-21)23(28)26-22-17(3)9-8-10-18(22)4/h5-14,16H,15H2,1-4H3,(H,26,28). The lowest BCUT2D eigenvalue weighted by molar-refractivity contribution is 0.102. The lowest BCUT2D eigenvalue weighted by Gasteiger charge is -2.27. The van der Waals surface area contributed by atoms with Gasteiger partial charge in [-0.1, -0.05) is 48.5 Å². The number of anilines is 2. The van der Waals surface area contributed by atoms with Crippen molar-refractivity contribution in [1.29, 1.82) is 0 Å². The van der Waals surface area contributed by atoms with Gasteiger partial charge < -0.3 is 10.2 Å². The van der Waals surface area contributed by atoms with Crippen LogP contribution in [0.5, 0.6) is 0 Å². The van der Waals surface area contributed by atoms with Gasteiger partial charge in [0.2, 0.25) is 0 Å². The Balaban J connectivity index is 1.77. The molecule has 0 radical (unpaired) electrons. The number of carbonyl (C=O) groups is 1. The lowest BCUT2D eigenvalue weighted by Crippen LogP contribution is -2.31. The normalized spacial score (nSPS) is 10.8. The average molecular weight is 374 g/mol. The van der Waals surface area contributed by atoms with Gasteiger partial charge in [0.25, 0.3) is 5.91 Å². The molecule has 144 valence electrons. The SMILES string of the molecule is Cc1cccc(C)c1NC(=O)c1cnc(N(Cc2ccccc2)C(C)C)cn1. The van der Waals surface area contributed by atoms with Gasteiger partial charge in [0.15, 0.2) is 0 Å². The molecule has 2 aromatic carbocycles. The highest BCUT2D eigenvalue weighted by molar-refractivity contribution is 6.03. The molecule has 0 aliphatic carbocycles. The Bertz CT molecular complexity index is 916. The molecule has 3 aromatic rings. The summed E-state index contributed by atoms with van der Waals surface area (Å²) in [5.74, 6) is 0.498. The highest BCUT2D eigenvalue weighted by atomic mass is 16.1. The number of nitrogens with one attached hydrogen (secondary N) is 1. The predicted molar refractivity (Wildman–Crippen MR) is 114 cm³/mol. The van der Waals surface area contributed by atoms with Crippen LogP contribution in [0.25, 0.3) is 0 Å². The van der Waals surface area contributed by atoms with Crippen LogP contribution in [0.4, 0.5) is 11.5 Å². The van der Waals surface area contributed by atoms with Crippen LogP contribution in [0.1, 0.15) is 41.0 Å². The van der Waals surface area contributed by atoms with Crippen molar-refractivity contribution in [3.63, 3.8) is 0 Å². The van der Waals surface area contributed by atoms with Gasteiger partial charge in [-0.15, -0.1) is 0 Å². The second-order valence-corrected chi connectivity index (χ2v) is 7.19. The monoisotopic (exact) mass is 374 g/mol. The molecule has 1 aromatic heterocycles. The fourth-order valence-corrected chi connectivity index (χ4v) is 3.08. The Morgan fingerprint density at radius 2 is 1.64 bits per heavy atom. The molecular weight excluding hydrogens is 348 g/mol. The predicted octanol–water partition coefficient (Wildman–Crippen LogP) is 4.76. The molecule has 28 heavy (non-hydrogen) atoms. The summed E-state index contributed by atoms with van der Waals surface area (Å²) < 4.78 is 0. The molecule has 0 bridgehead atoms. The minimum atomic E-state index is -0.254. The first-order chi connectivity index (χ1) is 13.5. The van der Waals surface area contributed by atoms with Crippen molar-refractivity contribution in [2.75, 3.05) is 10.2 Å². The maximum Gasteiger partial charge on any atom is 0.275 e. The van der Waals surface area contributed by atoms with Gasteiger partial charge in [0.05, 0.1) is 12.4 Å². The zero-order valence-corrected chi connectivity index (χ0v) is 16.8. The summed E-state index contributed by atoms with van der Waals surface area (Å²) in [5.41, 5.74) is 4.37. The van der Waals surface area contributed by atoms with E-state index in [4.69, 9.17) is 0 Å². The van der Waals surface area contributed by atoms with E-state index in [1.165, 1.54) is 5.56 Å². The molecule has 5 heteroatoms. The number of aromatic nitrogens is 2. The Kier molecular flexibility index (Phi) is 6.04. The van der Waals surface area contributed by atoms with Gasteiger partial charge in [-0.05, 0) is 44.4 Å². The average Bonchev–Trinajstić information content (AvgIpc) is 2.69. The van der Waals surface area contributed by atoms with Crippen molar-refractivity contribution >= 4 is 17.4 Å². The lowest BCUT2D eigenvalue weighted by atomic mass is 10.1. The molecule has 0 aliphatic heterocycles. The maximum absolute atomic E-state index is 12.6. The van der Waals surface area contributed by atoms with E-state index in [-0.39, 0.29) is 11.9 Å². The van der Waals surface area contributed by atoms with E-state index >= 15 is 0 Å². The molecule has 0 atom stereocenters. The molecular formula is C23H26N4O. The van der Waals surface area contributed by atoms with Gasteiger partial charge in [0, 0.05) is 18.3 Å². The van der Waals surface area contributed by atoms with Crippen molar-refractivity contribution in [1.82, 2.24) is 9.97 Å². The zero-order valence-electron chi connectivity index (χ0n) is 16.8. The van der Waals surface area contributed by atoms with E-state index in [0.29, 0.717) is 5.69 Å². The van der Waals surface area contributed by atoms with Crippen LogP contribution in [-0.2, 0) is 6.54 Å². The Labute approximate surface area is 166 Å². The molecule has 0 unspecified atom stereocenters. The summed E-state index contributed by atoms with van der Waals surface area (Å²) in [7, 11) is 0. The second-order valence-electron chi connectivity index (χ2n) is 7.19. The van der Waals surface area contributed by atoms with Gasteiger partial charge in [-0.25, -0.2) is 9.97 Å². The molecule has 1 amide bonds. The zero-order chi connectivity index (χ0) is 20.1. The second kappa shape index (κ2) is 8.65. The van der Waals surface area contributed by atoms with E-state index in [0.717, 1.165) is 29.2 Å². The van der Waals surface area contributed by atoms with Crippen LogP contribution in [-0.4, -0.2) is 21.9 Å². The number of amides is 1. The number of rotatable bonds is 6. The number of carbonyl (C=O) groups excluding carboxylic acids is 1. The Hall–Kier alpha value is -3.21. The third kappa shape index (κ3) is 4.55. The first kappa shape index (κ1) is 19.5. The Morgan fingerprint density at radius 3 is 2.21 bits per heavy atom. The molecule has 1 N–H and O–H groups in total. The summed E-state index contributed by atoms with van der Waals surface area (Å²) in [4.78, 5) is 23.6. The van der Waals surface area contributed by atoms with Crippen LogP contribution in [0.15, 0.2) is 60.9 Å². The first-order valence-corrected chi connectivity index (χ1v) is 9.46. The highest BCUT2D eigenvalue weighted by Gasteiger charge is 2.16. The van der Waals surface area contributed by atoms with Crippen LogP contribution in [0.2, 0.25) is 0 Å². The topological polar surface area (TPSA) is 58.1 Å². The highest BCUT2D eigenvalue weighted by Crippen LogP contribution is 2.21. The molecule has 0 saturated heterocycles. The summed E-state index contributed by atoms with van der Waals surface area (Å²) in [6.45, 7) is 8.92. The summed E-state index contributed by atoms with van der Waals surface area (Å²) >= 11 is 0. The third-order valence-electron chi connectivity index (χ3n) is 4.70. The number of nitrogens with zero attached hydrogens (tertiary/aromatic N) is 3. The van der Waals surface area contributed by atoms with E-state index in [9.17, 15) is 4.79 Å². The summed E-state index contributed by atoms with van der Waals surface area (Å²) in [6, 6.07) is 16.4. The van der Waals surface area contributed by atoms with Crippen LogP contribution in [0, 0.1) is 13.8 Å². The van der Waals surface area contributed by atoms with Gasteiger partial charge in [-0.3, -0.25) is 4.79 Å². The first-order valence-electron chi connectivity index (χ1n) is 9.46. The van der Waals surface area contributed by atoms with E-state index in [2.05, 4.69) is 46.2 Å². The maximum atomic E-state index is 12.6. The Morgan fingerprint density at radius 1 is 0.964 bits per heavy atom. The van der Waals surface area contributed by atoms with Crippen molar-refractivity contribution < 1.29 is 4.79 Å². The fourth-order valence-electron chi connectivity index (χ4n) is 3.08.